The predicted octanol–water partition coefficient (Wildman–Crippen LogP) is 2.51. The van der Waals surface area contributed by atoms with E-state index in [1.165, 1.54) is 5.39 Å². The first-order chi connectivity index (χ1) is 10.3. The molecule has 4 rings (SSSR count). The maximum Gasteiger partial charge on any atom is 0.193 e. The van der Waals surface area contributed by atoms with Crippen molar-refractivity contribution in [2.45, 2.75) is 13.1 Å². The van der Waals surface area contributed by atoms with E-state index in [9.17, 15) is 0 Å². The Hall–Kier alpha value is -2.18. The lowest BCUT2D eigenvalue weighted by Gasteiger charge is -1.99. The Morgan fingerprint density at radius 2 is 2.19 bits per heavy atom. The third kappa shape index (κ3) is 2.12. The van der Waals surface area contributed by atoms with Gasteiger partial charge in [-0.15, -0.1) is 11.3 Å². The number of hydrogen-bond donors (Lipinski definition) is 1. The second kappa shape index (κ2) is 4.98. The summed E-state index contributed by atoms with van der Waals surface area (Å²) < 4.78 is 4.09. The van der Waals surface area contributed by atoms with E-state index in [0.717, 1.165) is 28.4 Å². The summed E-state index contributed by atoms with van der Waals surface area (Å²) in [5.41, 5.74) is 3.26. The third-order valence-electron chi connectivity index (χ3n) is 3.53. The molecule has 0 unspecified atom stereocenters. The van der Waals surface area contributed by atoms with E-state index < -0.39 is 0 Å². The molecule has 0 atom stereocenters. The first kappa shape index (κ1) is 12.6. The highest BCUT2D eigenvalue weighted by Gasteiger charge is 2.11. The number of imidazole rings is 1. The number of hydrogen-bond acceptors (Lipinski definition) is 4. The van der Waals surface area contributed by atoms with Gasteiger partial charge in [0.1, 0.15) is 0 Å². The van der Waals surface area contributed by atoms with Crippen LogP contribution in [0.2, 0.25) is 0 Å². The molecule has 0 saturated heterocycles. The molecule has 0 fully saturated rings. The van der Waals surface area contributed by atoms with Crippen molar-refractivity contribution in [3.05, 3.63) is 53.4 Å². The first-order valence-electron chi connectivity index (χ1n) is 6.85. The average molecular weight is 297 g/mol. The Balaban J connectivity index is 1.77. The van der Waals surface area contributed by atoms with E-state index >= 15 is 0 Å². The van der Waals surface area contributed by atoms with E-state index in [0.29, 0.717) is 6.54 Å². The van der Waals surface area contributed by atoms with Crippen LogP contribution in [0, 0.1) is 0 Å². The van der Waals surface area contributed by atoms with Crippen LogP contribution in [-0.4, -0.2) is 26.2 Å². The number of rotatable bonds is 4. The zero-order valence-electron chi connectivity index (χ0n) is 11.7. The smallest absolute Gasteiger partial charge is 0.193 e. The van der Waals surface area contributed by atoms with Crippen molar-refractivity contribution in [2.75, 3.05) is 7.05 Å². The van der Waals surface area contributed by atoms with Gasteiger partial charge in [0.2, 0.25) is 0 Å². The van der Waals surface area contributed by atoms with Crippen molar-refractivity contribution in [2.24, 2.45) is 0 Å². The Morgan fingerprint density at radius 1 is 1.29 bits per heavy atom. The molecule has 3 aromatic heterocycles. The lowest BCUT2D eigenvalue weighted by atomic mass is 10.2. The van der Waals surface area contributed by atoms with Gasteiger partial charge in [0, 0.05) is 29.7 Å². The molecule has 0 aliphatic heterocycles. The lowest BCUT2D eigenvalue weighted by Crippen LogP contribution is -2.07. The number of nitrogens with zero attached hydrogens (tertiary/aromatic N) is 4. The Bertz CT molecular complexity index is 873. The largest absolute Gasteiger partial charge is 0.314 e. The number of para-hydroxylation sites is 1. The van der Waals surface area contributed by atoms with Crippen LogP contribution in [0.3, 0.4) is 0 Å². The summed E-state index contributed by atoms with van der Waals surface area (Å²) in [5, 5.41) is 11.2. The molecule has 5 nitrogen and oxygen atoms in total. The van der Waals surface area contributed by atoms with E-state index in [1.54, 1.807) is 11.3 Å². The van der Waals surface area contributed by atoms with Gasteiger partial charge >= 0.3 is 0 Å². The summed E-state index contributed by atoms with van der Waals surface area (Å²) >= 11 is 1.65. The van der Waals surface area contributed by atoms with Crippen molar-refractivity contribution in [1.29, 1.82) is 0 Å². The van der Waals surface area contributed by atoms with Crippen molar-refractivity contribution >= 4 is 27.2 Å². The van der Waals surface area contributed by atoms with Crippen LogP contribution >= 0.6 is 11.3 Å². The van der Waals surface area contributed by atoms with Gasteiger partial charge in [-0.05, 0) is 13.1 Å². The molecule has 4 aromatic rings. The number of thiazole rings is 1. The van der Waals surface area contributed by atoms with Crippen LogP contribution in [0.1, 0.15) is 11.4 Å². The minimum absolute atomic E-state index is 0.693. The van der Waals surface area contributed by atoms with Gasteiger partial charge in [0.15, 0.2) is 4.96 Å². The summed E-state index contributed by atoms with van der Waals surface area (Å²) in [6, 6.07) is 8.34. The van der Waals surface area contributed by atoms with E-state index in [4.69, 9.17) is 5.10 Å². The fourth-order valence-electron chi connectivity index (χ4n) is 2.62. The van der Waals surface area contributed by atoms with E-state index in [2.05, 4.69) is 45.2 Å². The summed E-state index contributed by atoms with van der Waals surface area (Å²) in [5.74, 6) is 0. The van der Waals surface area contributed by atoms with Crippen LogP contribution in [0.4, 0.5) is 0 Å². The van der Waals surface area contributed by atoms with Crippen LogP contribution in [0.25, 0.3) is 15.9 Å². The Labute approximate surface area is 125 Å². The SMILES string of the molecule is CNCc1nn(Cc2cn3ccsc3n2)c2ccccc12. The second-order valence-corrected chi connectivity index (χ2v) is 5.85. The average Bonchev–Trinajstić information content (AvgIpc) is 3.15. The van der Waals surface area contributed by atoms with Gasteiger partial charge in [-0.3, -0.25) is 9.08 Å². The lowest BCUT2D eigenvalue weighted by molar-refractivity contribution is 0.668. The van der Waals surface area contributed by atoms with Gasteiger partial charge in [0.25, 0.3) is 0 Å². The van der Waals surface area contributed by atoms with Crippen molar-refractivity contribution in [3.63, 3.8) is 0 Å². The summed E-state index contributed by atoms with van der Waals surface area (Å²) in [6.45, 7) is 1.46. The topological polar surface area (TPSA) is 47.2 Å². The molecule has 0 saturated carbocycles. The van der Waals surface area contributed by atoms with Crippen molar-refractivity contribution in [3.8, 4) is 0 Å². The number of fused-ring (bicyclic) bond motifs is 2. The highest BCUT2D eigenvalue weighted by atomic mass is 32.1. The molecular formula is C15H15N5S. The minimum Gasteiger partial charge on any atom is -0.314 e. The number of aromatic nitrogens is 4. The minimum atomic E-state index is 0.693. The standard InChI is InChI=1S/C15H15N5S/c1-16-8-13-12-4-2-3-5-14(12)20(18-13)10-11-9-19-6-7-21-15(19)17-11/h2-7,9,16H,8,10H2,1H3. The maximum atomic E-state index is 4.74. The van der Waals surface area contributed by atoms with Gasteiger partial charge in [-0.1, -0.05) is 18.2 Å². The van der Waals surface area contributed by atoms with Crippen molar-refractivity contribution in [1.82, 2.24) is 24.5 Å². The summed E-state index contributed by atoms with van der Waals surface area (Å²) in [6.07, 6.45) is 4.10. The molecule has 0 radical (unpaired) electrons. The fourth-order valence-corrected chi connectivity index (χ4v) is 3.34. The van der Waals surface area contributed by atoms with Crippen LogP contribution in [-0.2, 0) is 13.1 Å². The van der Waals surface area contributed by atoms with Gasteiger partial charge in [0.05, 0.1) is 23.4 Å². The van der Waals surface area contributed by atoms with Gasteiger partial charge in [-0.25, -0.2) is 4.98 Å². The molecule has 0 aliphatic rings. The highest BCUT2D eigenvalue weighted by molar-refractivity contribution is 7.15. The summed E-state index contributed by atoms with van der Waals surface area (Å²) in [4.78, 5) is 5.66. The van der Waals surface area contributed by atoms with Crippen LogP contribution < -0.4 is 5.32 Å². The quantitative estimate of drug-likeness (QED) is 0.629. The molecule has 21 heavy (non-hydrogen) atoms. The third-order valence-corrected chi connectivity index (χ3v) is 4.30. The molecule has 0 bridgehead atoms. The van der Waals surface area contributed by atoms with Crippen LogP contribution in [0.15, 0.2) is 42.0 Å². The molecule has 0 amide bonds. The molecule has 6 heteroatoms. The molecule has 1 N–H and O–H groups in total. The maximum absolute atomic E-state index is 4.74. The Kier molecular flexibility index (Phi) is 2.98. The number of nitrogens with one attached hydrogen (secondary N) is 1. The monoisotopic (exact) mass is 297 g/mol. The molecule has 3 heterocycles. The predicted molar refractivity (Wildman–Crippen MR) is 84.7 cm³/mol. The molecule has 0 spiro atoms. The summed E-state index contributed by atoms with van der Waals surface area (Å²) in [7, 11) is 1.94. The molecule has 0 aliphatic carbocycles. The van der Waals surface area contributed by atoms with Gasteiger partial charge < -0.3 is 5.32 Å². The Morgan fingerprint density at radius 3 is 3.05 bits per heavy atom. The molecule has 1 aromatic carbocycles. The zero-order valence-corrected chi connectivity index (χ0v) is 12.5. The van der Waals surface area contributed by atoms with Crippen molar-refractivity contribution < 1.29 is 0 Å². The zero-order chi connectivity index (χ0) is 14.2. The first-order valence-corrected chi connectivity index (χ1v) is 7.73. The second-order valence-electron chi connectivity index (χ2n) is 4.98. The van der Waals surface area contributed by atoms with E-state index in [-0.39, 0.29) is 0 Å². The van der Waals surface area contributed by atoms with Crippen LogP contribution in [0.5, 0.6) is 0 Å². The van der Waals surface area contributed by atoms with E-state index in [1.807, 2.05) is 23.3 Å². The molecule has 106 valence electrons. The molecular weight excluding hydrogens is 282 g/mol. The fraction of sp³-hybridized carbons (Fsp3) is 0.200. The number of benzene rings is 1. The van der Waals surface area contributed by atoms with Gasteiger partial charge in [-0.2, -0.15) is 5.10 Å². The normalized spacial score (nSPS) is 11.7. The highest BCUT2D eigenvalue weighted by Crippen LogP contribution is 2.20.